The molecule has 3 rings (SSSR count). The van der Waals surface area contributed by atoms with E-state index in [1.165, 1.54) is 6.07 Å². The van der Waals surface area contributed by atoms with Gasteiger partial charge in [-0.25, -0.2) is 4.39 Å². The van der Waals surface area contributed by atoms with E-state index in [0.29, 0.717) is 18.9 Å². The van der Waals surface area contributed by atoms with Crippen LogP contribution in [0.25, 0.3) is 0 Å². The minimum atomic E-state index is -0.648. The molecule has 1 aliphatic carbocycles. The molecule has 1 fully saturated rings. The van der Waals surface area contributed by atoms with Gasteiger partial charge >= 0.3 is 0 Å². The Hall–Kier alpha value is -1.62. The number of hydrogen-bond donors (Lipinski definition) is 2. The summed E-state index contributed by atoms with van der Waals surface area (Å²) in [5, 5.41) is 12.5. The monoisotopic (exact) mass is 293 g/mol. The van der Waals surface area contributed by atoms with E-state index in [2.05, 4.69) is 5.32 Å². The molecule has 0 spiro atoms. The molecule has 1 heterocycles. The average Bonchev–Trinajstić information content (AvgIpc) is 2.90. The van der Waals surface area contributed by atoms with Crippen molar-refractivity contribution in [2.24, 2.45) is 5.92 Å². The minimum absolute atomic E-state index is 0.200. The number of aliphatic hydroxyl groups is 1. The van der Waals surface area contributed by atoms with Gasteiger partial charge in [0, 0.05) is 18.5 Å². The predicted octanol–water partition coefficient (Wildman–Crippen LogP) is 1.80. The summed E-state index contributed by atoms with van der Waals surface area (Å²) in [4.78, 5) is 12.1. The first-order chi connectivity index (χ1) is 10.1. The van der Waals surface area contributed by atoms with Gasteiger partial charge in [-0.2, -0.15) is 0 Å². The standard InChI is InChI=1S/C16H20FNO3/c17-13-6-2-4-11-8-14(21-15(11)13)16(20)18-9-10-3-1-5-12(19)7-10/h2,4,6,10,12,14,19H,1,3,5,7-9H2,(H,18,20). The highest BCUT2D eigenvalue weighted by molar-refractivity contribution is 5.82. The van der Waals surface area contributed by atoms with Crippen molar-refractivity contribution in [3.8, 4) is 5.75 Å². The van der Waals surface area contributed by atoms with E-state index in [1.54, 1.807) is 12.1 Å². The van der Waals surface area contributed by atoms with Gasteiger partial charge in [0.05, 0.1) is 6.10 Å². The van der Waals surface area contributed by atoms with Crippen LogP contribution in [0.2, 0.25) is 0 Å². The van der Waals surface area contributed by atoms with Crippen LogP contribution < -0.4 is 10.1 Å². The molecule has 0 saturated heterocycles. The van der Waals surface area contributed by atoms with E-state index >= 15 is 0 Å². The molecule has 1 amide bonds. The topological polar surface area (TPSA) is 58.6 Å². The van der Waals surface area contributed by atoms with Gasteiger partial charge in [0.25, 0.3) is 5.91 Å². The van der Waals surface area contributed by atoms with Crippen molar-refractivity contribution in [2.45, 2.75) is 44.3 Å². The van der Waals surface area contributed by atoms with Crippen LogP contribution in [0.4, 0.5) is 4.39 Å². The van der Waals surface area contributed by atoms with Gasteiger partial charge in [-0.3, -0.25) is 4.79 Å². The summed E-state index contributed by atoms with van der Waals surface area (Å²) in [6, 6.07) is 4.74. The Kier molecular flexibility index (Phi) is 4.10. The zero-order chi connectivity index (χ0) is 14.8. The van der Waals surface area contributed by atoms with E-state index in [0.717, 1.165) is 31.2 Å². The smallest absolute Gasteiger partial charge is 0.261 e. The van der Waals surface area contributed by atoms with Crippen molar-refractivity contribution in [1.82, 2.24) is 5.32 Å². The first kappa shape index (κ1) is 14.3. The molecule has 2 aliphatic rings. The SMILES string of the molecule is O=C(NCC1CCCC(O)C1)C1Cc2cccc(F)c2O1. The van der Waals surface area contributed by atoms with Gasteiger partial charge in [-0.05, 0) is 31.2 Å². The van der Waals surface area contributed by atoms with E-state index in [4.69, 9.17) is 4.74 Å². The molecule has 1 saturated carbocycles. The lowest BCUT2D eigenvalue weighted by molar-refractivity contribution is -0.127. The van der Waals surface area contributed by atoms with Crippen LogP contribution >= 0.6 is 0 Å². The number of carbonyl (C=O) groups is 1. The third-order valence-electron chi connectivity index (χ3n) is 4.33. The molecule has 4 nitrogen and oxygen atoms in total. The van der Waals surface area contributed by atoms with Gasteiger partial charge in [-0.15, -0.1) is 0 Å². The molecule has 5 heteroatoms. The van der Waals surface area contributed by atoms with Crippen LogP contribution in [-0.2, 0) is 11.2 Å². The maximum atomic E-state index is 13.6. The Labute approximate surface area is 123 Å². The molecule has 114 valence electrons. The number of rotatable bonds is 3. The van der Waals surface area contributed by atoms with Gasteiger partial charge in [0.2, 0.25) is 0 Å². The predicted molar refractivity (Wildman–Crippen MR) is 75.5 cm³/mol. The van der Waals surface area contributed by atoms with Crippen LogP contribution in [0, 0.1) is 11.7 Å². The molecule has 0 aromatic heterocycles. The van der Waals surface area contributed by atoms with E-state index in [9.17, 15) is 14.3 Å². The third-order valence-corrected chi connectivity index (χ3v) is 4.33. The lowest BCUT2D eigenvalue weighted by Gasteiger charge is -2.26. The maximum Gasteiger partial charge on any atom is 0.261 e. The summed E-state index contributed by atoms with van der Waals surface area (Å²) >= 11 is 0. The molecular weight excluding hydrogens is 273 g/mol. The van der Waals surface area contributed by atoms with Crippen molar-refractivity contribution < 1.29 is 19.0 Å². The largest absolute Gasteiger partial charge is 0.477 e. The number of halogens is 1. The number of carbonyl (C=O) groups excluding carboxylic acids is 1. The molecule has 3 atom stereocenters. The van der Waals surface area contributed by atoms with Crippen LogP contribution in [0.5, 0.6) is 5.75 Å². The second kappa shape index (κ2) is 6.02. The number of amides is 1. The fourth-order valence-electron chi connectivity index (χ4n) is 3.18. The third kappa shape index (κ3) is 3.18. The first-order valence-corrected chi connectivity index (χ1v) is 7.53. The molecule has 21 heavy (non-hydrogen) atoms. The molecule has 1 aromatic carbocycles. The van der Waals surface area contributed by atoms with Gasteiger partial charge in [-0.1, -0.05) is 18.6 Å². The van der Waals surface area contributed by atoms with E-state index in [-0.39, 0.29) is 17.8 Å². The summed E-state index contributed by atoms with van der Waals surface area (Å²) in [7, 11) is 0. The number of aliphatic hydroxyl groups excluding tert-OH is 1. The first-order valence-electron chi connectivity index (χ1n) is 7.53. The maximum absolute atomic E-state index is 13.6. The zero-order valence-electron chi connectivity index (χ0n) is 11.8. The summed E-state index contributed by atoms with van der Waals surface area (Å²) in [5.41, 5.74) is 0.739. The summed E-state index contributed by atoms with van der Waals surface area (Å²) < 4.78 is 19.0. The van der Waals surface area contributed by atoms with Crippen molar-refractivity contribution in [1.29, 1.82) is 0 Å². The van der Waals surface area contributed by atoms with Crippen molar-refractivity contribution in [3.63, 3.8) is 0 Å². The van der Waals surface area contributed by atoms with Crippen molar-refractivity contribution >= 4 is 5.91 Å². The minimum Gasteiger partial charge on any atom is -0.477 e. The van der Waals surface area contributed by atoms with Crippen molar-refractivity contribution in [2.75, 3.05) is 6.54 Å². The van der Waals surface area contributed by atoms with Gasteiger partial charge < -0.3 is 15.2 Å². The number of ether oxygens (including phenoxy) is 1. The average molecular weight is 293 g/mol. The van der Waals surface area contributed by atoms with E-state index in [1.807, 2.05) is 0 Å². The molecule has 0 radical (unpaired) electrons. The summed E-state index contributed by atoms with van der Waals surface area (Å²) in [6.45, 7) is 0.550. The fraction of sp³-hybridized carbons (Fsp3) is 0.562. The Balaban J connectivity index is 1.52. The highest BCUT2D eigenvalue weighted by Gasteiger charge is 2.31. The second-order valence-electron chi connectivity index (χ2n) is 5.97. The normalized spacial score (nSPS) is 27.8. The number of para-hydroxylation sites is 1. The van der Waals surface area contributed by atoms with Gasteiger partial charge in [0.15, 0.2) is 17.7 Å². The second-order valence-corrected chi connectivity index (χ2v) is 5.97. The summed E-state index contributed by atoms with van der Waals surface area (Å²) in [5.74, 6) is -0.104. The van der Waals surface area contributed by atoms with Crippen LogP contribution in [0.15, 0.2) is 18.2 Å². The Morgan fingerprint density at radius 1 is 1.43 bits per heavy atom. The molecule has 1 aromatic rings. The Morgan fingerprint density at radius 3 is 3.05 bits per heavy atom. The summed E-state index contributed by atoms with van der Waals surface area (Å²) in [6.07, 6.45) is 3.13. The zero-order valence-corrected chi connectivity index (χ0v) is 11.8. The van der Waals surface area contributed by atoms with Crippen LogP contribution in [0.1, 0.15) is 31.2 Å². The highest BCUT2D eigenvalue weighted by Crippen LogP contribution is 2.31. The molecular formula is C16H20FNO3. The number of fused-ring (bicyclic) bond motifs is 1. The van der Waals surface area contributed by atoms with E-state index < -0.39 is 11.9 Å². The number of hydrogen-bond acceptors (Lipinski definition) is 3. The van der Waals surface area contributed by atoms with Gasteiger partial charge in [0.1, 0.15) is 0 Å². The van der Waals surface area contributed by atoms with Crippen LogP contribution in [0.3, 0.4) is 0 Å². The highest BCUT2D eigenvalue weighted by atomic mass is 19.1. The molecule has 3 unspecified atom stereocenters. The Bertz CT molecular complexity index is 534. The number of benzene rings is 1. The van der Waals surface area contributed by atoms with Crippen molar-refractivity contribution in [3.05, 3.63) is 29.6 Å². The molecule has 0 bridgehead atoms. The fourth-order valence-corrected chi connectivity index (χ4v) is 3.18. The number of nitrogens with one attached hydrogen (secondary N) is 1. The quantitative estimate of drug-likeness (QED) is 0.893. The van der Waals surface area contributed by atoms with Crippen LogP contribution in [-0.4, -0.2) is 29.8 Å². The Morgan fingerprint density at radius 2 is 2.29 bits per heavy atom. The lowest BCUT2D eigenvalue weighted by Crippen LogP contribution is -2.41. The molecule has 1 aliphatic heterocycles. The lowest BCUT2D eigenvalue weighted by atomic mass is 9.87. The molecule has 2 N–H and O–H groups in total.